The van der Waals surface area contributed by atoms with Gasteiger partial charge in [-0.1, -0.05) is 37.6 Å². The first-order valence-corrected chi connectivity index (χ1v) is 16.1. The predicted octanol–water partition coefficient (Wildman–Crippen LogP) is 6.96. The first-order valence-electron chi connectivity index (χ1n) is 16.1. The van der Waals surface area contributed by atoms with Crippen LogP contribution in [0.4, 0.5) is 0 Å². The van der Waals surface area contributed by atoms with Crippen molar-refractivity contribution < 1.29 is 33.6 Å². The lowest BCUT2D eigenvalue weighted by Crippen LogP contribution is -2.69. The van der Waals surface area contributed by atoms with Gasteiger partial charge in [-0.05, 0) is 106 Å². The number of esters is 2. The van der Waals surface area contributed by atoms with Crippen LogP contribution < -0.4 is 0 Å². The molecule has 0 N–H and O–H groups in total. The summed E-state index contributed by atoms with van der Waals surface area (Å²) < 4.78 is 12.2. The van der Waals surface area contributed by atoms with Crippen molar-refractivity contribution >= 4 is 17.7 Å². The molecule has 0 unspecified atom stereocenters. The summed E-state index contributed by atoms with van der Waals surface area (Å²) in [6, 6.07) is 9.09. The largest absolute Gasteiger partial charge is 0.463 e. The molecule has 4 aliphatic carbocycles. The molecule has 0 spiro atoms. The summed E-state index contributed by atoms with van der Waals surface area (Å²) in [6.07, 6.45) is 9.78. The molecule has 232 valence electrons. The molecule has 7 nitrogen and oxygen atoms in total. The van der Waals surface area contributed by atoms with Gasteiger partial charge in [0.25, 0.3) is 0 Å². The van der Waals surface area contributed by atoms with E-state index in [1.807, 2.05) is 32.0 Å². The summed E-state index contributed by atoms with van der Waals surface area (Å²) in [5.41, 5.74) is -1.27. The average Bonchev–Trinajstić information content (AvgIpc) is 3.41. The molecule has 1 aliphatic heterocycles. The minimum atomic E-state index is -1.06. The molecule has 1 heterocycles. The van der Waals surface area contributed by atoms with Crippen molar-refractivity contribution in [2.45, 2.75) is 109 Å². The van der Waals surface area contributed by atoms with Crippen molar-refractivity contribution in [1.29, 1.82) is 0 Å². The Morgan fingerprint density at radius 2 is 1.70 bits per heavy atom. The van der Waals surface area contributed by atoms with E-state index in [1.165, 1.54) is 6.92 Å². The van der Waals surface area contributed by atoms with Gasteiger partial charge in [0.15, 0.2) is 0 Å². The van der Waals surface area contributed by atoms with E-state index in [0.29, 0.717) is 30.7 Å². The van der Waals surface area contributed by atoms with Gasteiger partial charge in [-0.25, -0.2) is 14.6 Å². The zero-order valence-corrected chi connectivity index (χ0v) is 26.2. The van der Waals surface area contributed by atoms with Crippen LogP contribution in [-0.2, 0) is 28.8 Å². The molecule has 1 aromatic rings. The van der Waals surface area contributed by atoms with Crippen LogP contribution in [0.3, 0.4) is 0 Å². The molecule has 6 rings (SSSR count). The zero-order valence-electron chi connectivity index (χ0n) is 26.2. The number of Topliss-reactive ketones (excluding diaryl/α,β-unsaturated/α-hetero) is 1. The van der Waals surface area contributed by atoms with Crippen LogP contribution in [0, 0.1) is 34.5 Å². The SMILES string of the molecule is C=C(C)CCC(=O)[C@@H](C)[C@]12C=C[C@@]3(OO1)[C@@H]1CC[C@H]4C[C@@H](OC(C)=O)CC[C@]4(C)[C@H]1C[C@@H](OC(=O)c1ccccc1)[C@]23C. The topological polar surface area (TPSA) is 88.1 Å². The molecule has 4 fully saturated rings. The fourth-order valence-electron chi connectivity index (χ4n) is 9.85. The average molecular weight is 591 g/mol. The molecular weight excluding hydrogens is 544 g/mol. The van der Waals surface area contributed by atoms with Crippen LogP contribution in [0.5, 0.6) is 0 Å². The fourth-order valence-corrected chi connectivity index (χ4v) is 9.85. The molecule has 1 saturated heterocycles. The Kier molecular flexibility index (Phi) is 7.53. The van der Waals surface area contributed by atoms with Gasteiger partial charge in [0.2, 0.25) is 0 Å². The number of allylic oxidation sites excluding steroid dienone is 1. The summed E-state index contributed by atoms with van der Waals surface area (Å²) >= 11 is 0. The summed E-state index contributed by atoms with van der Waals surface area (Å²) in [5, 5.41) is 0. The predicted molar refractivity (Wildman–Crippen MR) is 161 cm³/mol. The highest BCUT2D eigenvalue weighted by atomic mass is 17.2. The van der Waals surface area contributed by atoms with Crippen LogP contribution in [0.2, 0.25) is 0 Å². The van der Waals surface area contributed by atoms with E-state index < -0.39 is 28.6 Å². The Morgan fingerprint density at radius 3 is 2.35 bits per heavy atom. The molecule has 5 aliphatic rings. The highest BCUT2D eigenvalue weighted by Crippen LogP contribution is 2.74. The van der Waals surface area contributed by atoms with E-state index in [-0.39, 0.29) is 41.1 Å². The van der Waals surface area contributed by atoms with Crippen molar-refractivity contribution in [3.63, 3.8) is 0 Å². The molecule has 7 heteroatoms. The number of hydrogen-bond acceptors (Lipinski definition) is 7. The smallest absolute Gasteiger partial charge is 0.338 e. The number of ketones is 1. The van der Waals surface area contributed by atoms with Crippen LogP contribution >= 0.6 is 0 Å². The van der Waals surface area contributed by atoms with Gasteiger partial charge in [0.05, 0.1) is 16.9 Å². The zero-order chi connectivity index (χ0) is 30.8. The highest BCUT2D eigenvalue weighted by Gasteiger charge is 2.82. The third-order valence-electron chi connectivity index (χ3n) is 12.3. The van der Waals surface area contributed by atoms with E-state index in [1.54, 1.807) is 12.1 Å². The van der Waals surface area contributed by atoms with E-state index in [2.05, 4.69) is 32.6 Å². The minimum absolute atomic E-state index is 0.0407. The molecule has 2 bridgehead atoms. The van der Waals surface area contributed by atoms with E-state index in [4.69, 9.17) is 19.2 Å². The summed E-state index contributed by atoms with van der Waals surface area (Å²) in [7, 11) is 0. The molecule has 1 aromatic carbocycles. The fraction of sp³-hybridized carbons (Fsp3) is 0.639. The Labute approximate surface area is 255 Å². The first kappa shape index (κ1) is 30.3. The third kappa shape index (κ3) is 4.40. The molecule has 0 radical (unpaired) electrons. The Hall–Kier alpha value is -2.77. The Morgan fingerprint density at radius 1 is 0.953 bits per heavy atom. The maximum Gasteiger partial charge on any atom is 0.338 e. The number of carbonyl (C=O) groups excluding carboxylic acids is 3. The molecule has 3 saturated carbocycles. The number of carbonyl (C=O) groups is 3. The van der Waals surface area contributed by atoms with Crippen molar-refractivity contribution in [1.82, 2.24) is 0 Å². The minimum Gasteiger partial charge on any atom is -0.463 e. The van der Waals surface area contributed by atoms with Gasteiger partial charge in [-0.3, -0.25) is 9.59 Å². The third-order valence-corrected chi connectivity index (χ3v) is 12.3. The van der Waals surface area contributed by atoms with Gasteiger partial charge in [0, 0.05) is 13.3 Å². The molecule has 43 heavy (non-hydrogen) atoms. The van der Waals surface area contributed by atoms with Crippen LogP contribution in [0.25, 0.3) is 0 Å². The van der Waals surface area contributed by atoms with Crippen LogP contribution in [-0.4, -0.2) is 41.1 Å². The lowest BCUT2D eigenvalue weighted by molar-refractivity contribution is -0.359. The quantitative estimate of drug-likeness (QED) is 0.184. The highest BCUT2D eigenvalue weighted by molar-refractivity contribution is 5.89. The van der Waals surface area contributed by atoms with Crippen molar-refractivity contribution in [3.8, 4) is 0 Å². The Balaban J connectivity index is 1.38. The number of benzene rings is 1. The van der Waals surface area contributed by atoms with Gasteiger partial charge in [0.1, 0.15) is 29.2 Å². The van der Waals surface area contributed by atoms with E-state index in [9.17, 15) is 14.4 Å². The molecule has 10 atom stereocenters. The summed E-state index contributed by atoms with van der Waals surface area (Å²) in [4.78, 5) is 52.0. The van der Waals surface area contributed by atoms with Gasteiger partial charge in [-0.15, -0.1) is 6.58 Å². The van der Waals surface area contributed by atoms with Gasteiger partial charge < -0.3 is 9.47 Å². The number of ether oxygens (including phenoxy) is 2. The van der Waals surface area contributed by atoms with Crippen molar-refractivity contribution in [3.05, 3.63) is 60.2 Å². The van der Waals surface area contributed by atoms with Crippen LogP contribution in [0.15, 0.2) is 54.6 Å². The normalized spacial score (nSPS) is 41.4. The maximum absolute atomic E-state index is 13.7. The number of rotatable bonds is 8. The lowest BCUT2D eigenvalue weighted by Gasteiger charge is -2.63. The summed E-state index contributed by atoms with van der Waals surface area (Å²) in [5.74, 6) is -0.296. The second-order valence-corrected chi connectivity index (χ2v) is 14.4. The van der Waals surface area contributed by atoms with Crippen molar-refractivity contribution in [2.75, 3.05) is 0 Å². The van der Waals surface area contributed by atoms with Crippen LogP contribution in [0.1, 0.15) is 96.3 Å². The van der Waals surface area contributed by atoms with E-state index >= 15 is 0 Å². The van der Waals surface area contributed by atoms with Crippen molar-refractivity contribution in [2.24, 2.45) is 34.5 Å². The standard InChI is InChI=1S/C36H46O7/c1-22(2)12-15-30(38)23(3)35-18-19-36(43-42-35)28-14-13-26-20-27(40-24(4)37)16-17-33(26,5)29(28)21-31(34(35,36)6)41-32(39)25-10-8-7-9-11-25/h7-11,18-19,23,26-29,31H,1,12-17,20-21H2,2-6H3/t23-,26+,27+,28-,29+,31-,33+,34-,35+,36-/m1/s1. The first-order chi connectivity index (χ1) is 20.4. The summed E-state index contributed by atoms with van der Waals surface area (Å²) in [6.45, 7) is 13.8. The monoisotopic (exact) mass is 590 g/mol. The second-order valence-electron chi connectivity index (χ2n) is 14.4. The second kappa shape index (κ2) is 10.7. The Bertz CT molecular complexity index is 1340. The number of hydrogen-bond donors (Lipinski definition) is 0. The van der Waals surface area contributed by atoms with Gasteiger partial charge in [-0.2, -0.15) is 0 Å². The lowest BCUT2D eigenvalue weighted by atomic mass is 9.41. The van der Waals surface area contributed by atoms with Gasteiger partial charge >= 0.3 is 11.9 Å². The molecule has 0 amide bonds. The molecule has 0 aromatic heterocycles. The van der Waals surface area contributed by atoms with E-state index in [0.717, 1.165) is 37.7 Å². The number of fused-ring (bicyclic) bond motifs is 3. The maximum atomic E-state index is 13.7. The molecular formula is C36H46O7.